The number of sulfonamides is 1. The zero-order valence-corrected chi connectivity index (χ0v) is 11.6. The summed E-state index contributed by atoms with van der Waals surface area (Å²) in [5.74, 6) is -1.09. The highest BCUT2D eigenvalue weighted by Gasteiger charge is 2.21. The monoisotopic (exact) mass is 314 g/mol. The molecule has 0 radical (unpaired) electrons. The van der Waals surface area contributed by atoms with Gasteiger partial charge in [-0.05, 0) is 19.1 Å². The fourth-order valence-electron chi connectivity index (χ4n) is 1.61. The fraction of sp³-hybridized carbons (Fsp3) is 0.182. The number of nitro benzene ring substituents is 1. The lowest BCUT2D eigenvalue weighted by Gasteiger charge is -2.06. The van der Waals surface area contributed by atoms with E-state index in [2.05, 4.69) is 14.9 Å². The van der Waals surface area contributed by atoms with E-state index in [1.807, 2.05) is 0 Å². The summed E-state index contributed by atoms with van der Waals surface area (Å²) in [5, 5.41) is 17.0. The van der Waals surface area contributed by atoms with Crippen LogP contribution in [-0.4, -0.2) is 23.5 Å². The van der Waals surface area contributed by atoms with Crippen molar-refractivity contribution >= 4 is 15.7 Å². The van der Waals surface area contributed by atoms with Gasteiger partial charge < -0.3 is 0 Å². The number of nitrogens with one attached hydrogen (secondary N) is 2. The van der Waals surface area contributed by atoms with Crippen LogP contribution in [0.15, 0.2) is 29.3 Å². The maximum absolute atomic E-state index is 13.2. The third-order valence-corrected chi connectivity index (χ3v) is 4.21. The molecule has 2 N–H and O–H groups in total. The van der Waals surface area contributed by atoms with Crippen LogP contribution < -0.4 is 4.72 Å². The molecule has 2 aromatic rings. The molecule has 0 unspecified atom stereocenters. The van der Waals surface area contributed by atoms with Gasteiger partial charge in [0.05, 0.1) is 16.0 Å². The van der Waals surface area contributed by atoms with Crippen LogP contribution in [0.2, 0.25) is 0 Å². The molecule has 0 atom stereocenters. The molecular weight excluding hydrogens is 303 g/mol. The molecule has 0 amide bonds. The Kier molecular flexibility index (Phi) is 4.00. The summed E-state index contributed by atoms with van der Waals surface area (Å²) >= 11 is 0. The van der Waals surface area contributed by atoms with Crippen LogP contribution >= 0.6 is 0 Å². The van der Waals surface area contributed by atoms with Crippen molar-refractivity contribution in [1.82, 2.24) is 14.9 Å². The number of aromatic nitrogens is 2. The Hall–Kier alpha value is -2.33. The highest BCUT2D eigenvalue weighted by Crippen LogP contribution is 2.21. The van der Waals surface area contributed by atoms with Gasteiger partial charge in [0.2, 0.25) is 15.8 Å². The zero-order valence-electron chi connectivity index (χ0n) is 10.8. The summed E-state index contributed by atoms with van der Waals surface area (Å²) in [6.07, 6.45) is 1.46. The zero-order chi connectivity index (χ0) is 15.6. The number of nitrogens with zero attached hydrogens (tertiary/aromatic N) is 2. The third-order valence-electron chi connectivity index (χ3n) is 2.81. The standard InChI is InChI=1S/C11H11FN4O4S/c1-7-8(5-13-15-7)6-14-21(19,20)9-2-3-10(12)11(4-9)16(17)18/h2-5,14H,6H2,1H3,(H,13,15). The normalized spacial score (nSPS) is 11.5. The van der Waals surface area contributed by atoms with Crippen LogP contribution in [0.1, 0.15) is 11.3 Å². The summed E-state index contributed by atoms with van der Waals surface area (Å²) in [7, 11) is -3.99. The third kappa shape index (κ3) is 3.23. The minimum atomic E-state index is -3.99. The van der Waals surface area contributed by atoms with E-state index in [1.165, 1.54) is 6.20 Å². The topological polar surface area (TPSA) is 118 Å². The molecule has 8 nitrogen and oxygen atoms in total. The molecule has 0 bridgehead atoms. The van der Waals surface area contributed by atoms with Gasteiger partial charge in [-0.25, -0.2) is 13.1 Å². The van der Waals surface area contributed by atoms with Crippen molar-refractivity contribution in [3.8, 4) is 0 Å². The first kappa shape index (κ1) is 15.1. The Balaban J connectivity index is 2.26. The van der Waals surface area contributed by atoms with Gasteiger partial charge in [-0.15, -0.1) is 0 Å². The van der Waals surface area contributed by atoms with Gasteiger partial charge in [-0.2, -0.15) is 9.49 Å². The SMILES string of the molecule is Cc1[nH]ncc1CNS(=O)(=O)c1ccc(F)c([N+](=O)[O-])c1. The van der Waals surface area contributed by atoms with E-state index in [-0.39, 0.29) is 11.4 Å². The van der Waals surface area contributed by atoms with Gasteiger partial charge in [0.25, 0.3) is 0 Å². The number of rotatable bonds is 5. The van der Waals surface area contributed by atoms with Crippen molar-refractivity contribution in [2.75, 3.05) is 0 Å². The van der Waals surface area contributed by atoms with E-state index in [0.29, 0.717) is 17.3 Å². The Morgan fingerprint density at radius 1 is 1.48 bits per heavy atom. The maximum atomic E-state index is 13.2. The van der Waals surface area contributed by atoms with E-state index in [9.17, 15) is 22.9 Å². The molecule has 0 saturated heterocycles. The Labute approximate surface area is 119 Å². The second-order valence-corrected chi connectivity index (χ2v) is 5.98. The molecule has 1 heterocycles. The molecule has 0 aliphatic carbocycles. The Morgan fingerprint density at radius 3 is 2.76 bits per heavy atom. The first-order chi connectivity index (χ1) is 9.81. The lowest BCUT2D eigenvalue weighted by Crippen LogP contribution is -2.23. The van der Waals surface area contributed by atoms with Crippen molar-refractivity contribution in [2.24, 2.45) is 0 Å². The molecule has 2 rings (SSSR count). The number of hydrogen-bond donors (Lipinski definition) is 2. The maximum Gasteiger partial charge on any atom is 0.306 e. The number of benzene rings is 1. The summed E-state index contributed by atoms with van der Waals surface area (Å²) in [6, 6.07) is 2.39. The van der Waals surface area contributed by atoms with Gasteiger partial charge in [0.1, 0.15) is 0 Å². The minimum absolute atomic E-state index is 0.0319. The smallest absolute Gasteiger partial charge is 0.283 e. The van der Waals surface area contributed by atoms with Crippen molar-refractivity contribution in [2.45, 2.75) is 18.4 Å². The molecule has 1 aromatic carbocycles. The number of hydrogen-bond acceptors (Lipinski definition) is 5. The molecule has 0 aliphatic heterocycles. The molecule has 0 saturated carbocycles. The predicted octanol–water partition coefficient (Wildman–Crippen LogP) is 1.24. The number of nitro groups is 1. The lowest BCUT2D eigenvalue weighted by atomic mass is 10.3. The minimum Gasteiger partial charge on any atom is -0.283 e. The van der Waals surface area contributed by atoms with Crippen molar-refractivity contribution in [3.05, 3.63) is 51.6 Å². The quantitative estimate of drug-likeness (QED) is 0.636. The summed E-state index contributed by atoms with van der Waals surface area (Å²) in [4.78, 5) is 9.27. The molecule has 21 heavy (non-hydrogen) atoms. The number of aryl methyl sites for hydroxylation is 1. The van der Waals surface area contributed by atoms with Crippen LogP contribution in [0, 0.1) is 22.9 Å². The Morgan fingerprint density at radius 2 is 2.19 bits per heavy atom. The van der Waals surface area contributed by atoms with Gasteiger partial charge >= 0.3 is 5.69 Å². The van der Waals surface area contributed by atoms with Crippen LogP contribution in [0.5, 0.6) is 0 Å². The predicted molar refractivity (Wildman–Crippen MR) is 70.4 cm³/mol. The average Bonchev–Trinajstić information content (AvgIpc) is 2.82. The number of halogens is 1. The molecule has 112 valence electrons. The van der Waals surface area contributed by atoms with Crippen molar-refractivity contribution in [3.63, 3.8) is 0 Å². The van der Waals surface area contributed by atoms with E-state index in [4.69, 9.17) is 0 Å². The molecule has 0 spiro atoms. The van der Waals surface area contributed by atoms with Crippen molar-refractivity contribution < 1.29 is 17.7 Å². The molecule has 10 heteroatoms. The summed E-state index contributed by atoms with van der Waals surface area (Å²) in [5.41, 5.74) is 0.440. The van der Waals surface area contributed by atoms with Crippen molar-refractivity contribution in [1.29, 1.82) is 0 Å². The van der Waals surface area contributed by atoms with E-state index in [0.717, 1.165) is 12.1 Å². The van der Waals surface area contributed by atoms with E-state index in [1.54, 1.807) is 6.92 Å². The van der Waals surface area contributed by atoms with Crippen LogP contribution in [0.4, 0.5) is 10.1 Å². The number of aromatic amines is 1. The lowest BCUT2D eigenvalue weighted by molar-refractivity contribution is -0.387. The second-order valence-electron chi connectivity index (χ2n) is 4.22. The number of H-pyrrole nitrogens is 1. The van der Waals surface area contributed by atoms with Crippen LogP contribution in [0.25, 0.3) is 0 Å². The first-order valence-corrected chi connectivity index (χ1v) is 7.22. The second kappa shape index (κ2) is 5.58. The van der Waals surface area contributed by atoms with Crippen LogP contribution in [-0.2, 0) is 16.6 Å². The van der Waals surface area contributed by atoms with Gasteiger partial charge in [-0.1, -0.05) is 0 Å². The molecule has 0 aliphatic rings. The van der Waals surface area contributed by atoms with Gasteiger partial charge in [0, 0.05) is 23.9 Å². The summed E-state index contributed by atoms with van der Waals surface area (Å²) in [6.45, 7) is 1.69. The highest BCUT2D eigenvalue weighted by molar-refractivity contribution is 7.89. The molecule has 0 fully saturated rings. The largest absolute Gasteiger partial charge is 0.306 e. The van der Waals surface area contributed by atoms with E-state index >= 15 is 0 Å². The average molecular weight is 314 g/mol. The fourth-order valence-corrected chi connectivity index (χ4v) is 2.64. The van der Waals surface area contributed by atoms with E-state index < -0.39 is 26.5 Å². The summed E-state index contributed by atoms with van der Waals surface area (Å²) < 4.78 is 39.5. The van der Waals surface area contributed by atoms with Gasteiger partial charge in [0.15, 0.2) is 0 Å². The Bertz CT molecular complexity index is 787. The van der Waals surface area contributed by atoms with Crippen LogP contribution in [0.3, 0.4) is 0 Å². The molecule has 1 aromatic heterocycles. The van der Waals surface area contributed by atoms with Gasteiger partial charge in [-0.3, -0.25) is 15.2 Å². The first-order valence-electron chi connectivity index (χ1n) is 5.73. The molecular formula is C11H11FN4O4S. The highest BCUT2D eigenvalue weighted by atomic mass is 32.2.